The third kappa shape index (κ3) is 3.31. The Hall–Kier alpha value is -2.82. The average Bonchev–Trinajstić information content (AvgIpc) is 3.25. The van der Waals surface area contributed by atoms with Crippen molar-refractivity contribution in [2.75, 3.05) is 0 Å². The van der Waals surface area contributed by atoms with Gasteiger partial charge in [0.25, 0.3) is 0 Å². The molecule has 31 heavy (non-hydrogen) atoms. The van der Waals surface area contributed by atoms with E-state index in [2.05, 4.69) is 69.5 Å². The Morgan fingerprint density at radius 3 is 2.55 bits per heavy atom. The van der Waals surface area contributed by atoms with Crippen molar-refractivity contribution in [2.45, 2.75) is 18.7 Å². The largest absolute Gasteiger partial charge is 0.464 e. The molecule has 4 aromatic rings. The van der Waals surface area contributed by atoms with Crippen molar-refractivity contribution >= 4 is 44.0 Å². The van der Waals surface area contributed by atoms with Crippen LogP contribution in [0.25, 0.3) is 10.8 Å². The fourth-order valence-corrected chi connectivity index (χ4v) is 4.95. The smallest absolute Gasteiger partial charge is 0.213 e. The van der Waals surface area contributed by atoms with Crippen LogP contribution in [0.3, 0.4) is 0 Å². The third-order valence-corrected chi connectivity index (χ3v) is 6.73. The van der Waals surface area contributed by atoms with E-state index in [1.165, 1.54) is 10.8 Å². The molecule has 0 spiro atoms. The van der Waals surface area contributed by atoms with Gasteiger partial charge in [-0.1, -0.05) is 76.1 Å². The summed E-state index contributed by atoms with van der Waals surface area (Å²) >= 11 is 9.74. The maximum Gasteiger partial charge on any atom is 0.213 e. The first-order valence-electron chi connectivity index (χ1n) is 10.2. The summed E-state index contributed by atoms with van der Waals surface area (Å²) in [5.41, 5.74) is 4.41. The summed E-state index contributed by atoms with van der Waals surface area (Å²) in [6.07, 6.45) is 0.531. The van der Waals surface area contributed by atoms with Gasteiger partial charge < -0.3 is 4.74 Å². The molecule has 0 bridgehead atoms. The quantitative estimate of drug-likeness (QED) is 0.291. The van der Waals surface area contributed by atoms with Gasteiger partial charge in [0, 0.05) is 27.0 Å². The first-order valence-corrected chi connectivity index (χ1v) is 11.4. The number of nitrogens with zero attached hydrogens (tertiary/aromatic N) is 2. The molecule has 0 radical (unpaired) electrons. The van der Waals surface area contributed by atoms with Crippen LogP contribution in [0.4, 0.5) is 0 Å². The Bertz CT molecular complexity index is 1340. The zero-order chi connectivity index (χ0) is 20.9. The van der Waals surface area contributed by atoms with Crippen molar-refractivity contribution in [1.29, 1.82) is 0 Å². The number of hydrogen-bond acceptors (Lipinski definition) is 3. The summed E-state index contributed by atoms with van der Waals surface area (Å²) in [5, 5.41) is 10.3. The van der Waals surface area contributed by atoms with Gasteiger partial charge in [0.05, 0.1) is 11.8 Å². The van der Waals surface area contributed by atoms with E-state index >= 15 is 0 Å². The predicted molar refractivity (Wildman–Crippen MR) is 129 cm³/mol. The molecule has 4 aromatic carbocycles. The van der Waals surface area contributed by atoms with E-state index in [0.717, 1.165) is 39.0 Å². The molecule has 6 rings (SSSR count). The number of benzene rings is 4. The van der Waals surface area contributed by atoms with Crippen molar-refractivity contribution in [3.8, 4) is 5.75 Å². The molecule has 0 fully saturated rings. The normalized spacial score (nSPS) is 19.5. The van der Waals surface area contributed by atoms with Gasteiger partial charge in [-0.25, -0.2) is 5.01 Å². The Morgan fingerprint density at radius 1 is 0.903 bits per heavy atom. The van der Waals surface area contributed by atoms with Crippen molar-refractivity contribution in [1.82, 2.24) is 5.01 Å². The van der Waals surface area contributed by atoms with Crippen molar-refractivity contribution in [3.63, 3.8) is 0 Å². The van der Waals surface area contributed by atoms with Gasteiger partial charge in [-0.15, -0.1) is 0 Å². The summed E-state index contributed by atoms with van der Waals surface area (Å²) in [7, 11) is 0. The molecule has 0 saturated carbocycles. The van der Waals surface area contributed by atoms with E-state index in [1.54, 1.807) is 0 Å². The van der Waals surface area contributed by atoms with Gasteiger partial charge in [-0.3, -0.25) is 0 Å². The highest BCUT2D eigenvalue weighted by Gasteiger charge is 2.41. The second kappa shape index (κ2) is 7.40. The van der Waals surface area contributed by atoms with E-state index in [9.17, 15) is 0 Å². The molecule has 2 aliphatic rings. The van der Waals surface area contributed by atoms with Crippen LogP contribution in [0, 0.1) is 0 Å². The van der Waals surface area contributed by atoms with Crippen LogP contribution in [0.5, 0.6) is 5.75 Å². The Balaban J connectivity index is 1.45. The minimum atomic E-state index is -0.297. The van der Waals surface area contributed by atoms with Crippen LogP contribution < -0.4 is 4.74 Å². The molecule has 3 nitrogen and oxygen atoms in total. The van der Waals surface area contributed by atoms with Gasteiger partial charge in [-0.2, -0.15) is 5.10 Å². The van der Waals surface area contributed by atoms with Gasteiger partial charge >= 0.3 is 0 Å². The summed E-state index contributed by atoms with van der Waals surface area (Å²) < 4.78 is 7.48. The molecule has 5 heteroatoms. The maximum absolute atomic E-state index is 6.44. The van der Waals surface area contributed by atoms with E-state index in [4.69, 9.17) is 21.4 Å². The zero-order valence-electron chi connectivity index (χ0n) is 16.5. The lowest BCUT2D eigenvalue weighted by Crippen LogP contribution is -2.33. The van der Waals surface area contributed by atoms with Crippen LogP contribution in [0.2, 0.25) is 5.02 Å². The minimum Gasteiger partial charge on any atom is -0.464 e. The lowest BCUT2D eigenvalue weighted by atomic mass is 9.95. The van der Waals surface area contributed by atoms with Gasteiger partial charge in [0.2, 0.25) is 6.23 Å². The molecule has 2 heterocycles. The number of rotatable bonds is 2. The SMILES string of the molecule is Clc1ccc([C@H]2Oc3ccc(Br)cc3[C@@H]3CC(c4ccc5ccccc5c4)=NN23)cc1. The third-order valence-electron chi connectivity index (χ3n) is 5.99. The summed E-state index contributed by atoms with van der Waals surface area (Å²) in [5.74, 6) is 0.902. The fraction of sp³-hybridized carbons (Fsp3) is 0.115. The minimum absolute atomic E-state index is 0.114. The standard InChI is InChI=1S/C26H18BrClN2O/c27-20-9-12-25-22(14-20)24-15-23(19-6-5-16-3-1-2-4-18(16)13-19)29-30(24)26(31-25)17-7-10-21(28)11-8-17/h1-14,24,26H,15H2/t24-,26+/m0/s1. The predicted octanol–water partition coefficient (Wildman–Crippen LogP) is 7.50. The molecule has 0 unspecified atom stereocenters. The number of hydrazone groups is 1. The summed E-state index contributed by atoms with van der Waals surface area (Å²) in [6.45, 7) is 0. The van der Waals surface area contributed by atoms with E-state index in [0.29, 0.717) is 5.02 Å². The Labute approximate surface area is 194 Å². The van der Waals surface area contributed by atoms with Crippen LogP contribution in [0.15, 0.2) is 94.5 Å². The molecule has 0 aliphatic carbocycles. The van der Waals surface area contributed by atoms with Crippen LogP contribution in [-0.2, 0) is 0 Å². The highest BCUT2D eigenvalue weighted by molar-refractivity contribution is 9.10. The Kier molecular flexibility index (Phi) is 4.51. The summed E-state index contributed by atoms with van der Waals surface area (Å²) in [6, 6.07) is 29.1. The van der Waals surface area contributed by atoms with Crippen LogP contribution in [0.1, 0.15) is 35.4 Å². The first kappa shape index (κ1) is 18.9. The molecule has 2 atom stereocenters. The molecule has 0 aromatic heterocycles. The Morgan fingerprint density at radius 2 is 1.71 bits per heavy atom. The van der Waals surface area contributed by atoms with Gasteiger partial charge in [-0.05, 0) is 52.7 Å². The lowest BCUT2D eigenvalue weighted by Gasteiger charge is -2.38. The highest BCUT2D eigenvalue weighted by Crippen LogP contribution is 2.48. The van der Waals surface area contributed by atoms with E-state index < -0.39 is 0 Å². The topological polar surface area (TPSA) is 24.8 Å². The average molecular weight is 490 g/mol. The second-order valence-corrected chi connectivity index (χ2v) is 9.26. The summed E-state index contributed by atoms with van der Waals surface area (Å²) in [4.78, 5) is 0. The van der Waals surface area contributed by atoms with Gasteiger partial charge in [0.1, 0.15) is 5.75 Å². The highest BCUT2D eigenvalue weighted by atomic mass is 79.9. The molecular formula is C26H18BrClN2O. The molecular weight excluding hydrogens is 472 g/mol. The fourth-order valence-electron chi connectivity index (χ4n) is 4.45. The number of ether oxygens (including phenoxy) is 1. The lowest BCUT2D eigenvalue weighted by molar-refractivity contribution is -0.0190. The van der Waals surface area contributed by atoms with E-state index in [-0.39, 0.29) is 12.3 Å². The van der Waals surface area contributed by atoms with Crippen LogP contribution in [-0.4, -0.2) is 10.7 Å². The zero-order valence-corrected chi connectivity index (χ0v) is 18.8. The number of halogens is 2. The first-order chi connectivity index (χ1) is 15.2. The van der Waals surface area contributed by atoms with Crippen LogP contribution >= 0.6 is 27.5 Å². The second-order valence-electron chi connectivity index (χ2n) is 7.91. The van der Waals surface area contributed by atoms with Gasteiger partial charge in [0.15, 0.2) is 0 Å². The molecule has 2 aliphatic heterocycles. The number of hydrogen-bond donors (Lipinski definition) is 0. The maximum atomic E-state index is 6.44. The van der Waals surface area contributed by atoms with Crippen molar-refractivity contribution < 1.29 is 4.74 Å². The number of fused-ring (bicyclic) bond motifs is 4. The molecule has 152 valence electrons. The van der Waals surface area contributed by atoms with E-state index in [1.807, 2.05) is 36.4 Å². The monoisotopic (exact) mass is 488 g/mol. The van der Waals surface area contributed by atoms with Crippen molar-refractivity contribution in [2.24, 2.45) is 5.10 Å². The molecule has 0 amide bonds. The molecule has 0 N–H and O–H groups in total. The molecule has 0 saturated heterocycles. The van der Waals surface area contributed by atoms with Crippen molar-refractivity contribution in [3.05, 3.63) is 111 Å².